The van der Waals surface area contributed by atoms with Crippen molar-refractivity contribution in [2.45, 2.75) is 20.0 Å². The van der Waals surface area contributed by atoms with Gasteiger partial charge < -0.3 is 9.84 Å². The van der Waals surface area contributed by atoms with Crippen LogP contribution in [0.25, 0.3) is 11.1 Å². The molecular formula is C14H15ClN2O3. The van der Waals surface area contributed by atoms with Gasteiger partial charge in [0.1, 0.15) is 5.75 Å². The minimum atomic E-state index is -1.09. The SMILES string of the molecule is CC(C)Oc1cc(-c2cnn(C)c2)cc(C(=O)O)c1Cl. The summed E-state index contributed by atoms with van der Waals surface area (Å²) in [5.74, 6) is -0.727. The number of hydrogen-bond acceptors (Lipinski definition) is 3. The molecule has 0 aliphatic rings. The van der Waals surface area contributed by atoms with Crippen LogP contribution in [-0.4, -0.2) is 27.0 Å². The van der Waals surface area contributed by atoms with Crippen LogP contribution in [0.15, 0.2) is 24.5 Å². The summed E-state index contributed by atoms with van der Waals surface area (Å²) in [5.41, 5.74) is 1.53. The molecule has 0 fully saturated rings. The van der Waals surface area contributed by atoms with Gasteiger partial charge in [0.2, 0.25) is 0 Å². The van der Waals surface area contributed by atoms with E-state index in [1.165, 1.54) is 6.07 Å². The molecule has 0 saturated carbocycles. The minimum absolute atomic E-state index is 0.0173. The van der Waals surface area contributed by atoms with Gasteiger partial charge in [0.05, 0.1) is 22.9 Å². The zero-order valence-corrected chi connectivity index (χ0v) is 12.2. The quantitative estimate of drug-likeness (QED) is 0.940. The number of aromatic carboxylic acids is 1. The Morgan fingerprint density at radius 2 is 2.10 bits per heavy atom. The van der Waals surface area contributed by atoms with Crippen molar-refractivity contribution in [1.82, 2.24) is 9.78 Å². The Morgan fingerprint density at radius 1 is 1.40 bits per heavy atom. The lowest BCUT2D eigenvalue weighted by Crippen LogP contribution is -2.08. The Bertz CT molecular complexity index is 650. The van der Waals surface area contributed by atoms with Crippen LogP contribution < -0.4 is 4.74 Å². The summed E-state index contributed by atoms with van der Waals surface area (Å²) in [6.45, 7) is 3.71. The molecule has 2 rings (SSSR count). The average Bonchev–Trinajstić information content (AvgIpc) is 2.77. The summed E-state index contributed by atoms with van der Waals surface area (Å²) in [7, 11) is 1.79. The van der Waals surface area contributed by atoms with Gasteiger partial charge in [-0.2, -0.15) is 5.10 Å². The molecular weight excluding hydrogens is 280 g/mol. The zero-order chi connectivity index (χ0) is 14.9. The van der Waals surface area contributed by atoms with Gasteiger partial charge in [-0.1, -0.05) is 11.6 Å². The lowest BCUT2D eigenvalue weighted by atomic mass is 10.1. The van der Waals surface area contributed by atoms with Gasteiger partial charge in [0.25, 0.3) is 0 Å². The normalized spacial score (nSPS) is 10.8. The van der Waals surface area contributed by atoms with Crippen molar-refractivity contribution < 1.29 is 14.6 Å². The second-order valence-electron chi connectivity index (χ2n) is 4.71. The number of hydrogen-bond donors (Lipinski definition) is 1. The van der Waals surface area contributed by atoms with Crippen LogP contribution in [0.1, 0.15) is 24.2 Å². The topological polar surface area (TPSA) is 64.4 Å². The molecule has 1 N–H and O–H groups in total. The summed E-state index contributed by atoms with van der Waals surface area (Å²) >= 11 is 6.09. The van der Waals surface area contributed by atoms with Crippen LogP contribution >= 0.6 is 11.6 Å². The van der Waals surface area contributed by atoms with E-state index in [1.54, 1.807) is 30.2 Å². The summed E-state index contributed by atoms with van der Waals surface area (Å²) in [6.07, 6.45) is 3.36. The third-order valence-corrected chi connectivity index (χ3v) is 3.06. The zero-order valence-electron chi connectivity index (χ0n) is 11.4. The van der Waals surface area contributed by atoms with Crippen LogP contribution in [0.4, 0.5) is 0 Å². The van der Waals surface area contributed by atoms with E-state index < -0.39 is 5.97 Å². The first kappa shape index (κ1) is 14.4. The third kappa shape index (κ3) is 2.93. The molecule has 0 bridgehead atoms. The van der Waals surface area contributed by atoms with Gasteiger partial charge in [-0.05, 0) is 31.5 Å². The highest BCUT2D eigenvalue weighted by Crippen LogP contribution is 2.34. The van der Waals surface area contributed by atoms with E-state index in [1.807, 2.05) is 13.8 Å². The van der Waals surface area contributed by atoms with Crippen LogP contribution in [0.5, 0.6) is 5.75 Å². The van der Waals surface area contributed by atoms with Gasteiger partial charge in [-0.15, -0.1) is 0 Å². The molecule has 6 heteroatoms. The van der Waals surface area contributed by atoms with E-state index >= 15 is 0 Å². The number of carbonyl (C=O) groups is 1. The van der Waals surface area contributed by atoms with E-state index in [2.05, 4.69) is 5.10 Å². The first-order valence-electron chi connectivity index (χ1n) is 6.11. The molecule has 5 nitrogen and oxygen atoms in total. The molecule has 0 aliphatic heterocycles. The Hall–Kier alpha value is -2.01. The predicted octanol–water partition coefficient (Wildman–Crippen LogP) is 3.23. The third-order valence-electron chi connectivity index (χ3n) is 2.67. The Balaban J connectivity index is 2.58. The van der Waals surface area contributed by atoms with Crippen LogP contribution in [0, 0.1) is 0 Å². The molecule has 106 valence electrons. The van der Waals surface area contributed by atoms with E-state index in [0.717, 1.165) is 5.56 Å². The Kier molecular flexibility index (Phi) is 3.99. The number of halogens is 1. The van der Waals surface area contributed by atoms with Gasteiger partial charge in [-0.25, -0.2) is 4.79 Å². The number of nitrogens with zero attached hydrogens (tertiary/aromatic N) is 2. The first-order valence-corrected chi connectivity index (χ1v) is 6.48. The summed E-state index contributed by atoms with van der Waals surface area (Å²) < 4.78 is 7.23. The first-order chi connectivity index (χ1) is 9.38. The fourth-order valence-electron chi connectivity index (χ4n) is 1.83. The monoisotopic (exact) mass is 294 g/mol. The van der Waals surface area contributed by atoms with Gasteiger partial charge >= 0.3 is 5.97 Å². The fraction of sp³-hybridized carbons (Fsp3) is 0.286. The lowest BCUT2D eigenvalue weighted by Gasteiger charge is -2.14. The number of ether oxygens (including phenoxy) is 1. The van der Waals surface area contributed by atoms with Crippen LogP contribution in [0.2, 0.25) is 5.02 Å². The van der Waals surface area contributed by atoms with Crippen molar-refractivity contribution in [3.8, 4) is 16.9 Å². The molecule has 0 radical (unpaired) electrons. The number of carboxylic acid groups (broad SMARTS) is 1. The molecule has 0 unspecified atom stereocenters. The average molecular weight is 295 g/mol. The van der Waals surface area contributed by atoms with E-state index in [4.69, 9.17) is 16.3 Å². The number of aryl methyl sites for hydroxylation is 1. The highest BCUT2D eigenvalue weighted by Gasteiger charge is 2.17. The predicted molar refractivity (Wildman–Crippen MR) is 76.4 cm³/mol. The second-order valence-corrected chi connectivity index (χ2v) is 5.09. The summed E-state index contributed by atoms with van der Waals surface area (Å²) in [6, 6.07) is 3.25. The minimum Gasteiger partial charge on any atom is -0.489 e. The molecule has 0 aliphatic carbocycles. The van der Waals surface area contributed by atoms with Crippen molar-refractivity contribution >= 4 is 17.6 Å². The largest absolute Gasteiger partial charge is 0.489 e. The highest BCUT2D eigenvalue weighted by atomic mass is 35.5. The standard InChI is InChI=1S/C14H15ClN2O3/c1-8(2)20-12-5-9(10-6-16-17(3)7-10)4-11(13(12)15)14(18)19/h4-8H,1-3H3,(H,18,19). The van der Waals surface area contributed by atoms with Crippen molar-refractivity contribution in [2.75, 3.05) is 0 Å². The molecule has 1 heterocycles. The van der Waals surface area contributed by atoms with Crippen LogP contribution in [-0.2, 0) is 7.05 Å². The molecule has 0 atom stereocenters. The van der Waals surface area contributed by atoms with Crippen molar-refractivity contribution in [2.24, 2.45) is 7.05 Å². The Labute approximate surface area is 121 Å². The highest BCUT2D eigenvalue weighted by molar-refractivity contribution is 6.35. The summed E-state index contributed by atoms with van der Waals surface area (Å²) in [4.78, 5) is 11.3. The van der Waals surface area contributed by atoms with E-state index in [0.29, 0.717) is 11.3 Å². The van der Waals surface area contributed by atoms with Gasteiger partial charge in [0.15, 0.2) is 0 Å². The van der Waals surface area contributed by atoms with Gasteiger partial charge in [-0.3, -0.25) is 4.68 Å². The number of rotatable bonds is 4. The fourth-order valence-corrected chi connectivity index (χ4v) is 2.06. The lowest BCUT2D eigenvalue weighted by molar-refractivity contribution is 0.0696. The molecule has 0 saturated heterocycles. The molecule has 20 heavy (non-hydrogen) atoms. The Morgan fingerprint density at radius 3 is 2.60 bits per heavy atom. The molecule has 1 aromatic heterocycles. The maximum absolute atomic E-state index is 11.3. The molecule has 1 aromatic carbocycles. The van der Waals surface area contributed by atoms with Crippen molar-refractivity contribution in [1.29, 1.82) is 0 Å². The maximum Gasteiger partial charge on any atom is 0.337 e. The maximum atomic E-state index is 11.3. The second kappa shape index (κ2) is 5.54. The van der Waals surface area contributed by atoms with Crippen molar-refractivity contribution in [3.63, 3.8) is 0 Å². The molecule has 2 aromatic rings. The van der Waals surface area contributed by atoms with Gasteiger partial charge in [0, 0.05) is 18.8 Å². The summed E-state index contributed by atoms with van der Waals surface area (Å²) in [5, 5.41) is 13.4. The van der Waals surface area contributed by atoms with E-state index in [-0.39, 0.29) is 16.7 Å². The molecule has 0 amide bonds. The smallest absolute Gasteiger partial charge is 0.337 e. The van der Waals surface area contributed by atoms with Crippen molar-refractivity contribution in [3.05, 3.63) is 35.1 Å². The van der Waals surface area contributed by atoms with Crippen LogP contribution in [0.3, 0.4) is 0 Å². The van der Waals surface area contributed by atoms with E-state index in [9.17, 15) is 9.90 Å². The number of benzene rings is 1. The number of aromatic nitrogens is 2. The molecule has 0 spiro atoms. The number of carboxylic acids is 1.